The first kappa shape index (κ1) is 17.4. The number of amides is 1. The van der Waals surface area contributed by atoms with Crippen molar-refractivity contribution in [3.05, 3.63) is 66.6 Å². The molecule has 1 amide bonds. The van der Waals surface area contributed by atoms with Crippen LogP contribution < -0.4 is 0 Å². The zero-order chi connectivity index (χ0) is 18.5. The fourth-order valence-electron chi connectivity index (χ4n) is 3.64. The monoisotopic (exact) mass is 361 g/mol. The first-order valence-electron chi connectivity index (χ1n) is 9.45. The van der Waals surface area contributed by atoms with Gasteiger partial charge in [0.25, 0.3) is 0 Å². The van der Waals surface area contributed by atoms with Gasteiger partial charge in [-0.25, -0.2) is 15.0 Å². The number of aromatic amines is 1. The third kappa shape index (κ3) is 4.05. The van der Waals surface area contributed by atoms with Crippen LogP contribution in [0.4, 0.5) is 0 Å². The van der Waals surface area contributed by atoms with Crippen molar-refractivity contribution in [2.45, 2.75) is 38.1 Å². The van der Waals surface area contributed by atoms with Crippen LogP contribution in [0.15, 0.2) is 55.2 Å². The van der Waals surface area contributed by atoms with Crippen LogP contribution in [0, 0.1) is 0 Å². The van der Waals surface area contributed by atoms with Crippen LogP contribution in [0.25, 0.3) is 11.3 Å². The molecule has 6 nitrogen and oxygen atoms in total. The van der Waals surface area contributed by atoms with Crippen LogP contribution in [-0.2, 0) is 11.2 Å². The summed E-state index contributed by atoms with van der Waals surface area (Å²) in [7, 11) is 0. The summed E-state index contributed by atoms with van der Waals surface area (Å²) in [6.45, 7) is 0.788. The number of benzene rings is 1. The zero-order valence-electron chi connectivity index (χ0n) is 15.2. The van der Waals surface area contributed by atoms with E-state index in [0.29, 0.717) is 12.8 Å². The van der Waals surface area contributed by atoms with E-state index >= 15 is 0 Å². The van der Waals surface area contributed by atoms with Crippen molar-refractivity contribution in [2.24, 2.45) is 0 Å². The number of likely N-dealkylation sites (tertiary alicyclic amines) is 1. The van der Waals surface area contributed by atoms with Gasteiger partial charge in [0.05, 0.1) is 17.9 Å². The normalized spacial score (nSPS) is 17.0. The Morgan fingerprint density at radius 3 is 2.74 bits per heavy atom. The number of nitrogens with one attached hydrogen (secondary N) is 1. The Kier molecular flexibility index (Phi) is 5.23. The molecule has 1 fully saturated rings. The van der Waals surface area contributed by atoms with E-state index in [1.165, 1.54) is 6.33 Å². The highest BCUT2D eigenvalue weighted by molar-refractivity contribution is 5.77. The first-order valence-corrected chi connectivity index (χ1v) is 9.45. The van der Waals surface area contributed by atoms with E-state index in [0.717, 1.165) is 48.5 Å². The predicted molar refractivity (Wildman–Crippen MR) is 103 cm³/mol. The highest BCUT2D eigenvalue weighted by Gasteiger charge is 2.29. The van der Waals surface area contributed by atoms with Crippen molar-refractivity contribution < 1.29 is 4.79 Å². The van der Waals surface area contributed by atoms with Crippen molar-refractivity contribution in [3.8, 4) is 11.3 Å². The number of rotatable bonds is 5. The second kappa shape index (κ2) is 8.12. The van der Waals surface area contributed by atoms with Gasteiger partial charge in [-0.3, -0.25) is 4.79 Å². The standard InChI is InChI=1S/C21H23N5O/c27-20(10-9-16-12-22-15-23-13-16)26-11-5-4-8-19(26)21-24-14-18(25-21)17-6-2-1-3-7-17/h1-3,6-7,12-15,19H,4-5,8-11H2,(H,24,25). The summed E-state index contributed by atoms with van der Waals surface area (Å²) >= 11 is 0. The van der Waals surface area contributed by atoms with E-state index in [1.807, 2.05) is 29.3 Å². The third-order valence-corrected chi connectivity index (χ3v) is 5.06. The Balaban J connectivity index is 1.47. The minimum atomic E-state index is 0.0238. The third-order valence-electron chi connectivity index (χ3n) is 5.06. The fraction of sp³-hybridized carbons (Fsp3) is 0.333. The molecule has 1 saturated heterocycles. The summed E-state index contributed by atoms with van der Waals surface area (Å²) in [5.41, 5.74) is 3.09. The molecule has 0 radical (unpaired) electrons. The van der Waals surface area contributed by atoms with Crippen molar-refractivity contribution >= 4 is 5.91 Å². The number of carbonyl (C=O) groups is 1. The molecule has 4 rings (SSSR count). The molecule has 0 aliphatic carbocycles. The Labute approximate surface area is 158 Å². The molecule has 0 bridgehead atoms. The Morgan fingerprint density at radius 2 is 1.93 bits per heavy atom. The van der Waals surface area contributed by atoms with Crippen LogP contribution in [0.5, 0.6) is 0 Å². The minimum absolute atomic E-state index is 0.0238. The number of H-pyrrole nitrogens is 1. The summed E-state index contributed by atoms with van der Waals surface area (Å²) in [6.07, 6.45) is 11.1. The Hall–Kier alpha value is -3.02. The van der Waals surface area contributed by atoms with E-state index in [1.54, 1.807) is 12.4 Å². The van der Waals surface area contributed by atoms with Gasteiger partial charge in [-0.05, 0) is 36.8 Å². The van der Waals surface area contributed by atoms with Crippen molar-refractivity contribution in [1.29, 1.82) is 0 Å². The second-order valence-electron chi connectivity index (χ2n) is 6.89. The van der Waals surface area contributed by atoms with E-state index in [4.69, 9.17) is 0 Å². The van der Waals surface area contributed by atoms with E-state index in [2.05, 4.69) is 32.1 Å². The molecule has 2 aromatic heterocycles. The lowest BCUT2D eigenvalue weighted by molar-refractivity contribution is -0.135. The van der Waals surface area contributed by atoms with Gasteiger partial charge in [0.1, 0.15) is 12.2 Å². The summed E-state index contributed by atoms with van der Waals surface area (Å²) in [6, 6.07) is 10.2. The molecule has 1 unspecified atom stereocenters. The average Bonchev–Trinajstić information content (AvgIpc) is 3.23. The summed E-state index contributed by atoms with van der Waals surface area (Å²) in [5, 5.41) is 0. The average molecular weight is 361 g/mol. The molecular weight excluding hydrogens is 338 g/mol. The Morgan fingerprint density at radius 1 is 1.11 bits per heavy atom. The molecule has 3 aromatic rings. The van der Waals surface area contributed by atoms with Crippen molar-refractivity contribution in [1.82, 2.24) is 24.8 Å². The van der Waals surface area contributed by atoms with Gasteiger partial charge in [-0.15, -0.1) is 0 Å². The molecule has 6 heteroatoms. The van der Waals surface area contributed by atoms with E-state index < -0.39 is 0 Å². The van der Waals surface area contributed by atoms with Gasteiger partial charge in [-0.2, -0.15) is 0 Å². The molecule has 1 N–H and O–H groups in total. The number of carbonyl (C=O) groups excluding carboxylic acids is 1. The summed E-state index contributed by atoms with van der Waals surface area (Å²) in [4.78, 5) is 30.9. The number of hydrogen-bond acceptors (Lipinski definition) is 4. The quantitative estimate of drug-likeness (QED) is 0.754. The summed E-state index contributed by atoms with van der Waals surface area (Å²) in [5.74, 6) is 1.05. The Bertz CT molecular complexity index is 878. The molecule has 3 heterocycles. The van der Waals surface area contributed by atoms with Crippen LogP contribution in [0.3, 0.4) is 0 Å². The molecule has 1 aliphatic heterocycles. The number of aryl methyl sites for hydroxylation is 1. The van der Waals surface area contributed by atoms with Gasteiger partial charge < -0.3 is 9.88 Å². The van der Waals surface area contributed by atoms with Gasteiger partial charge in [0.2, 0.25) is 5.91 Å². The molecule has 1 atom stereocenters. The zero-order valence-corrected chi connectivity index (χ0v) is 15.2. The smallest absolute Gasteiger partial charge is 0.223 e. The van der Waals surface area contributed by atoms with E-state index in [9.17, 15) is 4.79 Å². The lowest BCUT2D eigenvalue weighted by atomic mass is 10.0. The largest absolute Gasteiger partial charge is 0.340 e. The fourth-order valence-corrected chi connectivity index (χ4v) is 3.64. The second-order valence-corrected chi connectivity index (χ2v) is 6.89. The van der Waals surface area contributed by atoms with Crippen LogP contribution in [0.2, 0.25) is 0 Å². The van der Waals surface area contributed by atoms with E-state index in [-0.39, 0.29) is 11.9 Å². The molecule has 0 spiro atoms. The maximum absolute atomic E-state index is 12.9. The first-order chi connectivity index (χ1) is 13.3. The minimum Gasteiger partial charge on any atom is -0.340 e. The van der Waals surface area contributed by atoms with Crippen LogP contribution >= 0.6 is 0 Å². The lowest BCUT2D eigenvalue weighted by Gasteiger charge is -2.34. The maximum atomic E-state index is 12.9. The molecule has 1 aromatic carbocycles. The number of hydrogen-bond donors (Lipinski definition) is 1. The topological polar surface area (TPSA) is 74.8 Å². The maximum Gasteiger partial charge on any atom is 0.223 e. The van der Waals surface area contributed by atoms with Gasteiger partial charge >= 0.3 is 0 Å². The molecule has 27 heavy (non-hydrogen) atoms. The molecule has 138 valence electrons. The van der Waals surface area contributed by atoms with Gasteiger partial charge in [0.15, 0.2) is 0 Å². The predicted octanol–water partition coefficient (Wildman–Crippen LogP) is 3.55. The SMILES string of the molecule is O=C(CCc1cncnc1)N1CCCCC1c1ncc(-c2ccccc2)[nH]1. The molecule has 0 saturated carbocycles. The number of piperidine rings is 1. The van der Waals surface area contributed by atoms with Gasteiger partial charge in [-0.1, -0.05) is 30.3 Å². The van der Waals surface area contributed by atoms with Crippen LogP contribution in [-0.4, -0.2) is 37.3 Å². The molecular formula is C21H23N5O. The van der Waals surface area contributed by atoms with Crippen molar-refractivity contribution in [3.63, 3.8) is 0 Å². The lowest BCUT2D eigenvalue weighted by Crippen LogP contribution is -2.39. The highest BCUT2D eigenvalue weighted by Crippen LogP contribution is 2.31. The number of nitrogens with zero attached hydrogens (tertiary/aromatic N) is 4. The number of aromatic nitrogens is 4. The number of imidazole rings is 1. The summed E-state index contributed by atoms with van der Waals surface area (Å²) < 4.78 is 0. The molecule has 1 aliphatic rings. The van der Waals surface area contributed by atoms with Crippen molar-refractivity contribution in [2.75, 3.05) is 6.54 Å². The highest BCUT2D eigenvalue weighted by atomic mass is 16.2. The van der Waals surface area contributed by atoms with Gasteiger partial charge in [0, 0.05) is 25.4 Å². The van der Waals surface area contributed by atoms with Crippen LogP contribution in [0.1, 0.15) is 43.1 Å².